The molecule has 2 amide bonds. The second-order valence-corrected chi connectivity index (χ2v) is 4.73. The van der Waals surface area contributed by atoms with Crippen LogP contribution in [0.1, 0.15) is 18.7 Å². The highest BCUT2D eigenvalue weighted by molar-refractivity contribution is 5.94. The molecule has 2 aromatic rings. The molecule has 0 saturated heterocycles. The summed E-state index contributed by atoms with van der Waals surface area (Å²) in [6.45, 7) is 3.38. The van der Waals surface area contributed by atoms with Crippen LogP contribution in [0.3, 0.4) is 0 Å². The molecule has 1 unspecified atom stereocenters. The van der Waals surface area contributed by atoms with Gasteiger partial charge in [0.25, 0.3) is 0 Å². The predicted octanol–water partition coefficient (Wildman–Crippen LogP) is 0.838. The topological polar surface area (TPSA) is 93.3 Å². The smallest absolute Gasteiger partial charge is 0.247 e. The van der Waals surface area contributed by atoms with Crippen LogP contribution in [0, 0.1) is 6.92 Å². The van der Waals surface area contributed by atoms with E-state index in [-0.39, 0.29) is 18.4 Å². The fourth-order valence-corrected chi connectivity index (χ4v) is 1.84. The number of nitrogens with one attached hydrogen (secondary N) is 1. The molecule has 0 aliphatic rings. The second kappa shape index (κ2) is 6.21. The van der Waals surface area contributed by atoms with Crippen molar-refractivity contribution in [1.29, 1.82) is 0 Å². The van der Waals surface area contributed by atoms with Gasteiger partial charge in [-0.25, -0.2) is 0 Å². The SMILES string of the molecule is Cc1cc(NC(=O)CN(C)C(=O)C(C)n2cccn2)no1. The van der Waals surface area contributed by atoms with Crippen molar-refractivity contribution in [2.75, 3.05) is 18.9 Å². The Kier molecular flexibility index (Phi) is 4.36. The van der Waals surface area contributed by atoms with E-state index in [1.165, 1.54) is 9.58 Å². The molecule has 0 saturated carbocycles. The lowest BCUT2D eigenvalue weighted by atomic mass is 10.3. The Labute approximate surface area is 121 Å². The zero-order chi connectivity index (χ0) is 15.4. The summed E-state index contributed by atoms with van der Waals surface area (Å²) in [6, 6.07) is 2.88. The van der Waals surface area contributed by atoms with E-state index < -0.39 is 6.04 Å². The fourth-order valence-electron chi connectivity index (χ4n) is 1.84. The normalized spacial score (nSPS) is 12.0. The molecule has 0 spiro atoms. The number of rotatable bonds is 5. The van der Waals surface area contributed by atoms with E-state index in [0.29, 0.717) is 11.6 Å². The number of aromatic nitrogens is 3. The molecular formula is C13H17N5O3. The predicted molar refractivity (Wildman–Crippen MR) is 74.4 cm³/mol. The molecule has 2 aromatic heterocycles. The van der Waals surface area contributed by atoms with E-state index in [1.54, 1.807) is 45.4 Å². The third kappa shape index (κ3) is 3.68. The van der Waals surface area contributed by atoms with Gasteiger partial charge in [0.2, 0.25) is 11.8 Å². The van der Waals surface area contributed by atoms with Crippen molar-refractivity contribution in [3.05, 3.63) is 30.3 Å². The highest BCUT2D eigenvalue weighted by Gasteiger charge is 2.21. The quantitative estimate of drug-likeness (QED) is 0.881. The van der Waals surface area contributed by atoms with Crippen molar-refractivity contribution in [3.63, 3.8) is 0 Å². The molecular weight excluding hydrogens is 274 g/mol. The Hall–Kier alpha value is -2.64. The molecule has 1 atom stereocenters. The van der Waals surface area contributed by atoms with E-state index >= 15 is 0 Å². The molecule has 2 heterocycles. The molecule has 0 aromatic carbocycles. The van der Waals surface area contributed by atoms with Crippen LogP contribution < -0.4 is 5.32 Å². The van der Waals surface area contributed by atoms with Gasteiger partial charge in [0.15, 0.2) is 5.82 Å². The number of hydrogen-bond donors (Lipinski definition) is 1. The molecule has 21 heavy (non-hydrogen) atoms. The van der Waals surface area contributed by atoms with Gasteiger partial charge in [-0.15, -0.1) is 0 Å². The minimum absolute atomic E-state index is 0.0731. The lowest BCUT2D eigenvalue weighted by molar-refractivity contribution is -0.136. The van der Waals surface area contributed by atoms with Gasteiger partial charge in [-0.3, -0.25) is 14.3 Å². The summed E-state index contributed by atoms with van der Waals surface area (Å²) in [5.74, 6) is 0.387. The van der Waals surface area contributed by atoms with Crippen molar-refractivity contribution >= 4 is 17.6 Å². The van der Waals surface area contributed by atoms with Crippen molar-refractivity contribution in [2.45, 2.75) is 19.9 Å². The Morgan fingerprint density at radius 3 is 2.86 bits per heavy atom. The number of carbonyl (C=O) groups is 2. The van der Waals surface area contributed by atoms with E-state index in [9.17, 15) is 9.59 Å². The number of hydrogen-bond acceptors (Lipinski definition) is 5. The first kappa shape index (κ1) is 14.8. The summed E-state index contributed by atoms with van der Waals surface area (Å²) in [7, 11) is 1.57. The third-order valence-electron chi connectivity index (χ3n) is 2.93. The number of amides is 2. The van der Waals surface area contributed by atoms with Crippen molar-refractivity contribution in [3.8, 4) is 0 Å². The first-order valence-electron chi connectivity index (χ1n) is 6.44. The zero-order valence-electron chi connectivity index (χ0n) is 12.1. The number of anilines is 1. The summed E-state index contributed by atoms with van der Waals surface area (Å²) >= 11 is 0. The van der Waals surface area contributed by atoms with Gasteiger partial charge < -0.3 is 14.7 Å². The van der Waals surface area contributed by atoms with Gasteiger partial charge in [-0.2, -0.15) is 5.10 Å². The molecule has 0 aliphatic carbocycles. The Morgan fingerprint density at radius 1 is 1.52 bits per heavy atom. The standard InChI is InChI=1S/C13H17N5O3/c1-9-7-11(16-21-9)15-12(19)8-17(3)13(20)10(2)18-6-4-5-14-18/h4-7,10H,8H2,1-3H3,(H,15,16,19). The summed E-state index contributed by atoms with van der Waals surface area (Å²) in [4.78, 5) is 25.4. The molecule has 1 N–H and O–H groups in total. The maximum Gasteiger partial charge on any atom is 0.247 e. The van der Waals surface area contributed by atoms with Crippen LogP contribution in [0.25, 0.3) is 0 Å². The van der Waals surface area contributed by atoms with E-state index in [1.807, 2.05) is 0 Å². The Balaban J connectivity index is 1.89. The Morgan fingerprint density at radius 2 is 2.29 bits per heavy atom. The van der Waals surface area contributed by atoms with Crippen LogP contribution in [-0.2, 0) is 9.59 Å². The summed E-state index contributed by atoms with van der Waals surface area (Å²) in [5, 5.41) is 10.2. The number of likely N-dealkylation sites (N-methyl/N-ethyl adjacent to an activating group) is 1. The monoisotopic (exact) mass is 291 g/mol. The van der Waals surface area contributed by atoms with E-state index in [0.717, 1.165) is 0 Å². The number of aryl methyl sites for hydroxylation is 1. The summed E-state index contributed by atoms with van der Waals surface area (Å²) in [6.07, 6.45) is 3.30. The number of carbonyl (C=O) groups excluding carboxylic acids is 2. The minimum Gasteiger partial charge on any atom is -0.360 e. The zero-order valence-corrected chi connectivity index (χ0v) is 12.1. The van der Waals surface area contributed by atoms with Crippen molar-refractivity contribution in [1.82, 2.24) is 19.8 Å². The molecule has 2 rings (SSSR count). The molecule has 8 nitrogen and oxygen atoms in total. The highest BCUT2D eigenvalue weighted by atomic mass is 16.5. The highest BCUT2D eigenvalue weighted by Crippen LogP contribution is 2.09. The molecule has 0 aliphatic heterocycles. The lowest BCUT2D eigenvalue weighted by Gasteiger charge is -2.20. The maximum absolute atomic E-state index is 12.2. The first-order chi connectivity index (χ1) is 9.97. The van der Waals surface area contributed by atoms with Crippen LogP contribution in [-0.4, -0.2) is 45.2 Å². The molecule has 0 fully saturated rings. The summed E-state index contributed by atoms with van der Waals surface area (Å²) < 4.78 is 6.39. The molecule has 8 heteroatoms. The van der Waals surface area contributed by atoms with Gasteiger partial charge >= 0.3 is 0 Å². The van der Waals surface area contributed by atoms with Gasteiger partial charge in [0, 0.05) is 25.5 Å². The summed E-state index contributed by atoms with van der Waals surface area (Å²) in [5.41, 5.74) is 0. The molecule has 112 valence electrons. The average Bonchev–Trinajstić information content (AvgIpc) is 3.08. The van der Waals surface area contributed by atoms with Crippen LogP contribution in [0.4, 0.5) is 5.82 Å². The van der Waals surface area contributed by atoms with Crippen molar-refractivity contribution in [2.24, 2.45) is 0 Å². The van der Waals surface area contributed by atoms with Crippen LogP contribution in [0.2, 0.25) is 0 Å². The van der Waals surface area contributed by atoms with Crippen LogP contribution >= 0.6 is 0 Å². The average molecular weight is 291 g/mol. The van der Waals surface area contributed by atoms with Crippen LogP contribution in [0.15, 0.2) is 29.0 Å². The van der Waals surface area contributed by atoms with E-state index in [4.69, 9.17) is 4.52 Å². The van der Waals surface area contributed by atoms with Gasteiger partial charge in [-0.05, 0) is 19.9 Å². The maximum atomic E-state index is 12.2. The van der Waals surface area contributed by atoms with Crippen LogP contribution in [0.5, 0.6) is 0 Å². The fraction of sp³-hybridized carbons (Fsp3) is 0.385. The number of nitrogens with zero attached hydrogens (tertiary/aromatic N) is 4. The first-order valence-corrected chi connectivity index (χ1v) is 6.44. The third-order valence-corrected chi connectivity index (χ3v) is 2.93. The minimum atomic E-state index is -0.466. The van der Waals surface area contributed by atoms with E-state index in [2.05, 4.69) is 15.6 Å². The van der Waals surface area contributed by atoms with Gasteiger partial charge in [0.05, 0.1) is 6.54 Å². The second-order valence-electron chi connectivity index (χ2n) is 4.73. The molecule has 0 bridgehead atoms. The largest absolute Gasteiger partial charge is 0.360 e. The van der Waals surface area contributed by atoms with Gasteiger partial charge in [0.1, 0.15) is 11.8 Å². The molecule has 0 radical (unpaired) electrons. The Bertz CT molecular complexity index is 620. The lowest BCUT2D eigenvalue weighted by Crippen LogP contribution is -2.38. The van der Waals surface area contributed by atoms with Gasteiger partial charge in [-0.1, -0.05) is 5.16 Å². The van der Waals surface area contributed by atoms with Crippen molar-refractivity contribution < 1.29 is 14.1 Å².